The second-order valence-corrected chi connectivity index (χ2v) is 8.41. The first-order chi connectivity index (χ1) is 16.0. The van der Waals surface area contributed by atoms with Gasteiger partial charge in [-0.2, -0.15) is 0 Å². The third-order valence-corrected chi connectivity index (χ3v) is 6.60. The van der Waals surface area contributed by atoms with E-state index < -0.39 is 5.97 Å². The van der Waals surface area contributed by atoms with Crippen LogP contribution in [-0.2, 0) is 13.0 Å². The highest BCUT2D eigenvalue weighted by molar-refractivity contribution is 9.10. The Balaban J connectivity index is 1.79. The Morgan fingerprint density at radius 1 is 1.21 bits per heavy atom. The Labute approximate surface area is 200 Å². The number of halogens is 2. The lowest BCUT2D eigenvalue weighted by molar-refractivity contribution is 0.0685. The smallest absolute Gasteiger partial charge is 0.355 e. The van der Waals surface area contributed by atoms with E-state index in [0.29, 0.717) is 18.1 Å². The quantitative estimate of drug-likeness (QED) is 0.313. The molecule has 5 rings (SSSR count). The molecule has 0 fully saturated rings. The van der Waals surface area contributed by atoms with Crippen molar-refractivity contribution in [2.45, 2.75) is 19.9 Å². The largest absolute Gasteiger partial charge is 0.476 e. The summed E-state index contributed by atoms with van der Waals surface area (Å²) in [5, 5.41) is 24.1. The van der Waals surface area contributed by atoms with E-state index in [0.717, 1.165) is 37.9 Å². The average Bonchev–Trinajstić information content (AvgIpc) is 3.52. The molecule has 0 amide bonds. The topological polar surface area (TPSA) is 123 Å². The molecule has 1 aliphatic heterocycles. The van der Waals surface area contributed by atoms with Gasteiger partial charge in [0.1, 0.15) is 5.82 Å². The molecule has 0 saturated carbocycles. The van der Waals surface area contributed by atoms with Crippen molar-refractivity contribution in [2.24, 2.45) is 0 Å². The minimum atomic E-state index is -1.13. The van der Waals surface area contributed by atoms with E-state index in [4.69, 9.17) is 16.0 Å². The van der Waals surface area contributed by atoms with Crippen LogP contribution in [0, 0.1) is 0 Å². The van der Waals surface area contributed by atoms with Crippen LogP contribution < -0.4 is 0 Å². The van der Waals surface area contributed by atoms with Crippen LogP contribution in [0.5, 0.6) is 0 Å². The first-order valence-corrected chi connectivity index (χ1v) is 11.2. The van der Waals surface area contributed by atoms with E-state index in [1.165, 1.54) is 0 Å². The van der Waals surface area contributed by atoms with Crippen LogP contribution in [0.25, 0.3) is 33.6 Å². The predicted octanol–water partition coefficient (Wildman–Crippen LogP) is 5.15. The highest BCUT2D eigenvalue weighted by Crippen LogP contribution is 2.48. The number of imidazole rings is 1. The first kappa shape index (κ1) is 21.4. The summed E-state index contributed by atoms with van der Waals surface area (Å²) >= 11 is 9.95. The van der Waals surface area contributed by atoms with E-state index in [1.807, 2.05) is 37.3 Å². The number of nitrogens with one attached hydrogen (secondary N) is 1. The Morgan fingerprint density at radius 2 is 2.00 bits per heavy atom. The number of carboxylic acid groups (broad SMARTS) is 1. The van der Waals surface area contributed by atoms with Gasteiger partial charge in [-0.1, -0.05) is 42.8 Å². The Hall–Kier alpha value is -3.50. The molecule has 0 saturated heterocycles. The van der Waals surface area contributed by atoms with Crippen LogP contribution in [0.3, 0.4) is 0 Å². The minimum absolute atomic E-state index is 0.0287. The third kappa shape index (κ3) is 3.51. The van der Waals surface area contributed by atoms with Crippen LogP contribution in [0.4, 0.5) is 0 Å². The molecule has 0 radical (unpaired) electrons. The Bertz CT molecular complexity index is 1440. The van der Waals surface area contributed by atoms with Gasteiger partial charge in [-0.25, -0.2) is 14.9 Å². The van der Waals surface area contributed by atoms with Crippen molar-refractivity contribution in [1.29, 1.82) is 0 Å². The number of benzene rings is 1. The number of hydrogen-bond acceptors (Lipinski definition) is 6. The summed E-state index contributed by atoms with van der Waals surface area (Å²) in [5.41, 5.74) is 5.16. The van der Waals surface area contributed by atoms with Gasteiger partial charge in [-0.3, -0.25) is 0 Å². The molecule has 166 valence electrons. The number of aromatic nitrogens is 6. The molecule has 1 aliphatic carbocycles. The number of hydrogen-bond donors (Lipinski definition) is 2. The molecule has 2 N–H and O–H groups in total. The molecular formula is C22H16BrClN6O3. The van der Waals surface area contributed by atoms with Gasteiger partial charge in [0.2, 0.25) is 0 Å². The molecule has 11 heteroatoms. The van der Waals surface area contributed by atoms with Crippen molar-refractivity contribution < 1.29 is 14.3 Å². The molecule has 1 aromatic carbocycles. The number of aromatic carboxylic acids is 1. The molecule has 0 atom stereocenters. The fourth-order valence-corrected chi connectivity index (χ4v) is 5.14. The van der Waals surface area contributed by atoms with Crippen LogP contribution in [0.15, 0.2) is 51.7 Å². The lowest BCUT2D eigenvalue weighted by atomic mass is 9.97. The summed E-state index contributed by atoms with van der Waals surface area (Å²) in [4.78, 5) is 16.3. The van der Waals surface area contributed by atoms with E-state index in [-0.39, 0.29) is 17.4 Å². The number of carboxylic acids is 1. The second kappa shape index (κ2) is 8.45. The lowest BCUT2D eigenvalue weighted by Gasteiger charge is -2.14. The van der Waals surface area contributed by atoms with E-state index in [2.05, 4.69) is 41.5 Å². The maximum atomic E-state index is 12.0. The number of fused-ring (bicyclic) bond motifs is 1. The monoisotopic (exact) mass is 526 g/mol. The molecule has 3 aromatic rings. The molecular weight excluding hydrogens is 512 g/mol. The van der Waals surface area contributed by atoms with Gasteiger partial charge in [0, 0.05) is 27.6 Å². The number of aryl methyl sites for hydroxylation is 1. The van der Waals surface area contributed by atoms with Crippen molar-refractivity contribution >= 4 is 33.5 Å². The highest BCUT2D eigenvalue weighted by Gasteiger charge is 2.28. The van der Waals surface area contributed by atoms with Crippen LogP contribution in [0.2, 0.25) is 5.15 Å². The summed E-state index contributed by atoms with van der Waals surface area (Å²) in [6.07, 6.45) is 3.77. The zero-order valence-corrected chi connectivity index (χ0v) is 19.6. The van der Waals surface area contributed by atoms with E-state index >= 15 is 0 Å². The SMILES string of the molecule is CCc1nc(Cl)c(C(=O)O)n1Cc1c2ccocc-2c(Br)c1-c1ccccc1-c1nnn[nH]1. The molecule has 0 unspecified atom stereocenters. The molecule has 0 spiro atoms. The number of H-pyrrole nitrogens is 1. The van der Waals surface area contributed by atoms with Gasteiger partial charge in [-0.05, 0) is 49.1 Å². The summed E-state index contributed by atoms with van der Waals surface area (Å²) < 4.78 is 7.90. The summed E-state index contributed by atoms with van der Waals surface area (Å²) in [6.45, 7) is 2.15. The molecule has 2 aromatic heterocycles. The molecule has 3 heterocycles. The van der Waals surface area contributed by atoms with Crippen molar-refractivity contribution in [2.75, 3.05) is 0 Å². The fraction of sp³-hybridized carbons (Fsp3) is 0.136. The van der Waals surface area contributed by atoms with Crippen LogP contribution in [-0.4, -0.2) is 41.3 Å². The van der Waals surface area contributed by atoms with Crippen molar-refractivity contribution in [3.8, 4) is 33.6 Å². The number of rotatable bonds is 6. The number of carbonyl (C=O) groups is 1. The van der Waals surface area contributed by atoms with Crippen molar-refractivity contribution in [1.82, 2.24) is 30.2 Å². The fourth-order valence-electron chi connectivity index (χ4n) is 4.10. The normalized spacial score (nSPS) is 11.4. The van der Waals surface area contributed by atoms with E-state index in [9.17, 15) is 9.90 Å². The van der Waals surface area contributed by atoms with Gasteiger partial charge in [0.05, 0.1) is 19.1 Å². The highest BCUT2D eigenvalue weighted by atomic mass is 79.9. The lowest BCUT2D eigenvalue weighted by Crippen LogP contribution is -2.13. The summed E-state index contributed by atoms with van der Waals surface area (Å²) in [6, 6.07) is 9.58. The molecule has 2 aliphatic rings. The second-order valence-electron chi connectivity index (χ2n) is 7.26. The predicted molar refractivity (Wildman–Crippen MR) is 124 cm³/mol. The number of nitrogens with zero attached hydrogens (tertiary/aromatic N) is 5. The van der Waals surface area contributed by atoms with Crippen LogP contribution >= 0.6 is 27.5 Å². The van der Waals surface area contributed by atoms with Crippen molar-refractivity contribution in [3.05, 3.63) is 69.6 Å². The average molecular weight is 528 g/mol. The van der Waals surface area contributed by atoms with Gasteiger partial charge in [0.25, 0.3) is 0 Å². The van der Waals surface area contributed by atoms with Gasteiger partial charge in [0.15, 0.2) is 16.7 Å². The maximum Gasteiger partial charge on any atom is 0.355 e. The third-order valence-electron chi connectivity index (χ3n) is 5.51. The zero-order valence-electron chi connectivity index (χ0n) is 17.2. The summed E-state index contributed by atoms with van der Waals surface area (Å²) in [7, 11) is 0. The molecule has 33 heavy (non-hydrogen) atoms. The van der Waals surface area contributed by atoms with Gasteiger partial charge in [-0.15, -0.1) is 5.10 Å². The first-order valence-electron chi connectivity index (χ1n) is 9.99. The minimum Gasteiger partial charge on any atom is -0.476 e. The van der Waals surface area contributed by atoms with Crippen molar-refractivity contribution in [3.63, 3.8) is 0 Å². The van der Waals surface area contributed by atoms with Gasteiger partial charge >= 0.3 is 5.97 Å². The van der Waals surface area contributed by atoms with E-state index in [1.54, 1.807) is 17.1 Å². The molecule has 0 bridgehead atoms. The summed E-state index contributed by atoms with van der Waals surface area (Å²) in [5.74, 6) is -0.0292. The van der Waals surface area contributed by atoms with Gasteiger partial charge < -0.3 is 14.1 Å². The van der Waals surface area contributed by atoms with Crippen LogP contribution in [0.1, 0.15) is 28.8 Å². The number of tetrazole rings is 1. The standard InChI is InChI=1S/C22H16BrClN6O3/c1-2-16-25-20(24)19(22(31)32)30(16)9-14-11-7-8-33-10-15(11)18(23)17(14)12-5-3-4-6-13(12)21-26-28-29-27-21/h3-8,10H,2,9H2,1H3,(H,31,32)(H,26,27,28,29). The Morgan fingerprint density at radius 3 is 2.70 bits per heavy atom. The number of aromatic amines is 1. The molecule has 9 nitrogen and oxygen atoms in total. The maximum absolute atomic E-state index is 12.0. The zero-order chi connectivity index (χ0) is 23.1. The Kier molecular flexibility index (Phi) is 5.47.